The molecule has 0 spiro atoms. The molecule has 0 bridgehead atoms. The molecule has 0 saturated carbocycles. The first kappa shape index (κ1) is 37.9. The summed E-state index contributed by atoms with van der Waals surface area (Å²) in [6.07, 6.45) is -1.48. The van der Waals surface area contributed by atoms with Crippen molar-refractivity contribution >= 4 is 58.0 Å². The maximum absolute atomic E-state index is 11.6. The molecule has 5 N–H and O–H groups in total. The number of carboxylic acids is 1. The molecule has 0 saturated heterocycles. The molecule has 0 aromatic heterocycles. The molecular formula is C31H37BrCl2N2O7. The molecule has 0 aliphatic heterocycles. The summed E-state index contributed by atoms with van der Waals surface area (Å²) in [5, 5.41) is 21.9. The summed E-state index contributed by atoms with van der Waals surface area (Å²) in [6, 6.07) is 20.9. The highest BCUT2D eigenvalue weighted by atomic mass is 79.9. The Balaban J connectivity index is 0.000000422. The topological polar surface area (TPSA) is 148 Å². The Hall–Kier alpha value is -3.15. The average Bonchev–Trinajstić information content (AvgIpc) is 2.92. The van der Waals surface area contributed by atoms with Crippen LogP contribution in [0.5, 0.6) is 0 Å². The van der Waals surface area contributed by atoms with Crippen LogP contribution in [-0.2, 0) is 31.9 Å². The Morgan fingerprint density at radius 1 is 0.953 bits per heavy atom. The van der Waals surface area contributed by atoms with Crippen LogP contribution in [0.2, 0.25) is 5.02 Å². The van der Waals surface area contributed by atoms with Gasteiger partial charge < -0.3 is 30.7 Å². The average molecular weight is 700 g/mol. The fourth-order valence-corrected chi connectivity index (χ4v) is 4.14. The van der Waals surface area contributed by atoms with E-state index in [1.807, 2.05) is 60.7 Å². The van der Waals surface area contributed by atoms with Crippen LogP contribution in [-0.4, -0.2) is 59.1 Å². The molecule has 3 atom stereocenters. The third-order valence-corrected chi connectivity index (χ3v) is 6.54. The normalized spacial score (nSPS) is 12.7. The van der Waals surface area contributed by atoms with E-state index in [2.05, 4.69) is 26.0 Å². The summed E-state index contributed by atoms with van der Waals surface area (Å²) in [5.41, 5.74) is 8.97. The van der Waals surface area contributed by atoms with Gasteiger partial charge in [0.15, 0.2) is 6.10 Å². The van der Waals surface area contributed by atoms with Gasteiger partial charge in [-0.2, -0.15) is 0 Å². The number of aliphatic hydroxyl groups excluding tert-OH is 1. The molecule has 234 valence electrons. The molecule has 0 aliphatic carbocycles. The Labute approximate surface area is 271 Å². The van der Waals surface area contributed by atoms with Crippen molar-refractivity contribution in [1.82, 2.24) is 5.32 Å². The minimum atomic E-state index is -1.32. The molecule has 1 unspecified atom stereocenters. The van der Waals surface area contributed by atoms with Gasteiger partial charge in [0.25, 0.3) is 0 Å². The number of rotatable bonds is 9. The SMILES string of the molecule is CC(C)(C)OC(=O)N[C@H](Cc1ccc(Br)cc1)C(=O)O.COC(=O)C(O)[C@H](N)Cc1ccc(-c2cccc(Cl)c2)cc1.Cl. The number of esters is 1. The van der Waals surface area contributed by atoms with Crippen LogP contribution in [0, 0.1) is 0 Å². The number of aliphatic hydroxyl groups is 1. The number of nitrogens with two attached hydrogens (primary N) is 1. The minimum absolute atomic E-state index is 0. The highest BCUT2D eigenvalue weighted by Crippen LogP contribution is 2.23. The Morgan fingerprint density at radius 2 is 1.51 bits per heavy atom. The van der Waals surface area contributed by atoms with Gasteiger partial charge in [-0.3, -0.25) is 0 Å². The van der Waals surface area contributed by atoms with E-state index in [0.29, 0.717) is 11.4 Å². The molecular weight excluding hydrogens is 663 g/mol. The van der Waals surface area contributed by atoms with Crippen LogP contribution in [0.1, 0.15) is 31.9 Å². The van der Waals surface area contributed by atoms with Crippen molar-refractivity contribution in [2.24, 2.45) is 5.73 Å². The van der Waals surface area contributed by atoms with E-state index in [1.54, 1.807) is 32.9 Å². The Bertz CT molecular complexity index is 1330. The van der Waals surface area contributed by atoms with Crippen molar-refractivity contribution in [1.29, 1.82) is 0 Å². The minimum Gasteiger partial charge on any atom is -0.480 e. The molecule has 0 radical (unpaired) electrons. The van der Waals surface area contributed by atoms with Crippen LogP contribution in [0.25, 0.3) is 11.1 Å². The highest BCUT2D eigenvalue weighted by Gasteiger charge is 2.25. The van der Waals surface area contributed by atoms with E-state index in [-0.39, 0.29) is 18.8 Å². The maximum atomic E-state index is 11.6. The third-order valence-electron chi connectivity index (χ3n) is 5.77. The second-order valence-electron chi connectivity index (χ2n) is 10.4. The van der Waals surface area contributed by atoms with Crippen molar-refractivity contribution in [3.8, 4) is 11.1 Å². The van der Waals surface area contributed by atoms with Gasteiger partial charge >= 0.3 is 18.0 Å². The monoisotopic (exact) mass is 698 g/mol. The third kappa shape index (κ3) is 13.8. The van der Waals surface area contributed by atoms with E-state index in [1.165, 1.54) is 7.11 Å². The lowest BCUT2D eigenvalue weighted by atomic mass is 9.99. The van der Waals surface area contributed by atoms with Crippen molar-refractivity contribution in [3.05, 3.63) is 93.4 Å². The predicted molar refractivity (Wildman–Crippen MR) is 172 cm³/mol. The lowest BCUT2D eigenvalue weighted by Crippen LogP contribution is -2.44. The summed E-state index contributed by atoms with van der Waals surface area (Å²) in [6.45, 7) is 5.16. The molecule has 1 amide bonds. The van der Waals surface area contributed by atoms with E-state index < -0.39 is 41.8 Å². The predicted octanol–water partition coefficient (Wildman–Crippen LogP) is 5.80. The summed E-state index contributed by atoms with van der Waals surface area (Å²) < 4.78 is 10.4. The number of nitrogens with one attached hydrogen (secondary N) is 1. The zero-order valence-electron chi connectivity index (χ0n) is 24.3. The van der Waals surface area contributed by atoms with Crippen molar-refractivity contribution < 1.29 is 34.1 Å². The molecule has 43 heavy (non-hydrogen) atoms. The van der Waals surface area contributed by atoms with Crippen LogP contribution >= 0.6 is 39.9 Å². The molecule has 3 aromatic carbocycles. The fourth-order valence-electron chi connectivity index (χ4n) is 3.69. The van der Waals surface area contributed by atoms with E-state index in [0.717, 1.165) is 26.7 Å². The van der Waals surface area contributed by atoms with E-state index in [9.17, 15) is 19.5 Å². The number of carboxylic acid groups (broad SMARTS) is 1. The second kappa shape index (κ2) is 17.8. The molecule has 9 nitrogen and oxygen atoms in total. The van der Waals surface area contributed by atoms with Gasteiger partial charge in [0, 0.05) is 22.0 Å². The van der Waals surface area contributed by atoms with Crippen molar-refractivity contribution in [2.75, 3.05) is 7.11 Å². The summed E-state index contributed by atoms with van der Waals surface area (Å²) in [4.78, 5) is 34.1. The smallest absolute Gasteiger partial charge is 0.408 e. The molecule has 3 aromatic rings. The molecule has 12 heteroatoms. The summed E-state index contributed by atoms with van der Waals surface area (Å²) >= 11 is 9.29. The Kier molecular flexibility index (Phi) is 15.7. The first-order chi connectivity index (χ1) is 19.7. The van der Waals surface area contributed by atoms with Gasteiger partial charge in [-0.15, -0.1) is 12.4 Å². The van der Waals surface area contributed by atoms with Crippen LogP contribution in [0.4, 0.5) is 4.79 Å². The number of halogens is 3. The zero-order chi connectivity index (χ0) is 31.4. The number of hydrogen-bond donors (Lipinski definition) is 4. The van der Waals surface area contributed by atoms with Gasteiger partial charge in [-0.1, -0.05) is 76.1 Å². The van der Waals surface area contributed by atoms with Crippen molar-refractivity contribution in [3.63, 3.8) is 0 Å². The van der Waals surface area contributed by atoms with Crippen LogP contribution in [0.15, 0.2) is 77.3 Å². The number of methoxy groups -OCH3 is 1. The standard InChI is InChI=1S/C17H18ClNO3.C14H18BrNO4.ClH/c1-22-17(21)16(20)15(19)9-11-5-7-12(8-6-11)13-3-2-4-14(18)10-13;1-14(2,3)20-13(19)16-11(12(17)18)8-9-4-6-10(15)7-5-9;/h2-8,10,15-16,20H,9,19H2,1H3;4-7,11H,8H2,1-3H3,(H,16,19)(H,17,18);1H/t15-,16?;11-;/m11./s1. The Morgan fingerprint density at radius 3 is 2.02 bits per heavy atom. The van der Waals surface area contributed by atoms with Crippen LogP contribution < -0.4 is 11.1 Å². The number of amides is 1. The van der Waals surface area contributed by atoms with Gasteiger partial charge in [-0.25, -0.2) is 14.4 Å². The molecule has 0 heterocycles. The second-order valence-corrected chi connectivity index (χ2v) is 11.8. The first-order valence-corrected chi connectivity index (χ1v) is 14.2. The van der Waals surface area contributed by atoms with Crippen molar-refractivity contribution in [2.45, 2.75) is 57.4 Å². The van der Waals surface area contributed by atoms with E-state index >= 15 is 0 Å². The first-order valence-electron chi connectivity index (χ1n) is 13.0. The van der Waals surface area contributed by atoms with Gasteiger partial charge in [0.1, 0.15) is 11.6 Å². The van der Waals surface area contributed by atoms with Crippen LogP contribution in [0.3, 0.4) is 0 Å². The lowest BCUT2D eigenvalue weighted by Gasteiger charge is -2.22. The number of benzene rings is 3. The molecule has 0 aliphatic rings. The number of carbonyl (C=O) groups excluding carboxylic acids is 2. The van der Waals surface area contributed by atoms with Gasteiger partial charge in [0.2, 0.25) is 0 Å². The summed E-state index contributed by atoms with van der Waals surface area (Å²) in [7, 11) is 1.22. The molecule has 3 rings (SSSR count). The quantitative estimate of drug-likeness (QED) is 0.205. The largest absolute Gasteiger partial charge is 0.480 e. The summed E-state index contributed by atoms with van der Waals surface area (Å²) in [5.74, 6) is -1.82. The van der Waals surface area contributed by atoms with E-state index in [4.69, 9.17) is 27.2 Å². The number of alkyl carbamates (subject to hydrolysis) is 1. The maximum Gasteiger partial charge on any atom is 0.408 e. The van der Waals surface area contributed by atoms with Gasteiger partial charge in [-0.05, 0) is 73.7 Å². The lowest BCUT2D eigenvalue weighted by molar-refractivity contribution is -0.151. The number of hydrogen-bond acceptors (Lipinski definition) is 7. The number of carbonyl (C=O) groups is 3. The highest BCUT2D eigenvalue weighted by molar-refractivity contribution is 9.10. The number of ether oxygens (including phenoxy) is 2. The van der Waals surface area contributed by atoms with Gasteiger partial charge in [0.05, 0.1) is 7.11 Å². The number of aliphatic carboxylic acids is 1. The zero-order valence-corrected chi connectivity index (χ0v) is 27.4. The fraction of sp³-hybridized carbons (Fsp3) is 0.323. The molecule has 0 fully saturated rings.